The summed E-state index contributed by atoms with van der Waals surface area (Å²) < 4.78 is 0. The van der Waals surface area contributed by atoms with E-state index in [0.29, 0.717) is 12.6 Å². The predicted octanol–water partition coefficient (Wildman–Crippen LogP) is 2.73. The first-order valence-electron chi connectivity index (χ1n) is 7.91. The molecule has 5 heteroatoms. The molecule has 0 aliphatic heterocycles. The first-order valence-corrected chi connectivity index (χ1v) is 7.91. The van der Waals surface area contributed by atoms with Gasteiger partial charge >= 0.3 is 0 Å². The molecular formula is C17H28IN3O. The van der Waals surface area contributed by atoms with Gasteiger partial charge in [-0.05, 0) is 24.3 Å². The number of hydrogen-bond acceptors (Lipinski definition) is 2. The second kappa shape index (κ2) is 10.0. The largest absolute Gasteiger partial charge is 0.396 e. The average molecular weight is 417 g/mol. The van der Waals surface area contributed by atoms with Crippen LogP contribution in [0.3, 0.4) is 0 Å². The number of aliphatic imine (C=N–C) groups is 1. The molecule has 0 spiro atoms. The van der Waals surface area contributed by atoms with Gasteiger partial charge in [-0.15, -0.1) is 24.0 Å². The Morgan fingerprint density at radius 2 is 2.09 bits per heavy atom. The molecule has 1 aliphatic rings. The third-order valence-corrected chi connectivity index (χ3v) is 4.14. The van der Waals surface area contributed by atoms with E-state index in [1.807, 2.05) is 18.2 Å². The summed E-state index contributed by atoms with van der Waals surface area (Å²) in [5, 5.41) is 16.4. The number of rotatable bonds is 7. The Balaban J connectivity index is 0.00000242. The van der Waals surface area contributed by atoms with Crippen molar-refractivity contribution in [1.29, 1.82) is 0 Å². The summed E-state index contributed by atoms with van der Waals surface area (Å²) >= 11 is 0. The summed E-state index contributed by atoms with van der Waals surface area (Å²) in [6.45, 7) is 3.05. The zero-order valence-corrected chi connectivity index (χ0v) is 15.8. The minimum absolute atomic E-state index is 0. The molecule has 1 aliphatic carbocycles. The third-order valence-electron chi connectivity index (χ3n) is 4.14. The number of halogens is 1. The SMILES string of the molecule is CCCC1CC1NC(=NC)NCC(CO)c1ccccc1.I. The molecular weight excluding hydrogens is 389 g/mol. The van der Waals surface area contributed by atoms with Crippen molar-refractivity contribution < 1.29 is 5.11 Å². The second-order valence-corrected chi connectivity index (χ2v) is 5.78. The topological polar surface area (TPSA) is 56.7 Å². The molecule has 1 aromatic carbocycles. The number of hydrogen-bond donors (Lipinski definition) is 3. The van der Waals surface area contributed by atoms with Crippen LogP contribution in [0, 0.1) is 5.92 Å². The summed E-state index contributed by atoms with van der Waals surface area (Å²) in [4.78, 5) is 4.28. The van der Waals surface area contributed by atoms with E-state index in [4.69, 9.17) is 0 Å². The van der Waals surface area contributed by atoms with Crippen molar-refractivity contribution in [3.05, 3.63) is 35.9 Å². The Morgan fingerprint density at radius 3 is 2.68 bits per heavy atom. The lowest BCUT2D eigenvalue weighted by Gasteiger charge is -2.18. The maximum atomic E-state index is 9.57. The molecule has 0 amide bonds. The lowest BCUT2D eigenvalue weighted by molar-refractivity contribution is 0.265. The highest BCUT2D eigenvalue weighted by molar-refractivity contribution is 14.0. The molecule has 124 valence electrons. The third kappa shape index (κ3) is 5.76. The highest BCUT2D eigenvalue weighted by Crippen LogP contribution is 2.34. The molecule has 1 aromatic rings. The van der Waals surface area contributed by atoms with Gasteiger partial charge in [-0.2, -0.15) is 0 Å². The van der Waals surface area contributed by atoms with Crippen molar-refractivity contribution in [2.45, 2.75) is 38.1 Å². The number of aliphatic hydroxyl groups excluding tert-OH is 1. The molecule has 4 nitrogen and oxygen atoms in total. The summed E-state index contributed by atoms with van der Waals surface area (Å²) in [6.07, 6.45) is 3.78. The standard InChI is InChI=1S/C17H27N3O.HI/c1-3-7-14-10-16(14)20-17(18-2)19-11-15(12-21)13-8-5-4-6-9-13;/h4-6,8-9,14-16,21H,3,7,10-12H2,1-2H3,(H2,18,19,20);1H. The van der Waals surface area contributed by atoms with Crippen molar-refractivity contribution in [2.24, 2.45) is 10.9 Å². The highest BCUT2D eigenvalue weighted by atomic mass is 127. The van der Waals surface area contributed by atoms with Gasteiger partial charge in [0.2, 0.25) is 0 Å². The highest BCUT2D eigenvalue weighted by Gasteiger charge is 2.36. The van der Waals surface area contributed by atoms with Crippen molar-refractivity contribution in [3.8, 4) is 0 Å². The van der Waals surface area contributed by atoms with E-state index in [-0.39, 0.29) is 36.5 Å². The van der Waals surface area contributed by atoms with Gasteiger partial charge in [0, 0.05) is 25.6 Å². The summed E-state index contributed by atoms with van der Waals surface area (Å²) in [7, 11) is 1.79. The smallest absolute Gasteiger partial charge is 0.191 e. The van der Waals surface area contributed by atoms with Crippen LogP contribution in [0.1, 0.15) is 37.7 Å². The molecule has 3 N–H and O–H groups in total. The van der Waals surface area contributed by atoms with E-state index in [1.54, 1.807) is 7.05 Å². The Kier molecular flexibility index (Phi) is 8.78. The predicted molar refractivity (Wildman–Crippen MR) is 103 cm³/mol. The molecule has 1 saturated carbocycles. The molecule has 0 saturated heterocycles. The lowest BCUT2D eigenvalue weighted by atomic mass is 10.0. The van der Waals surface area contributed by atoms with Crippen molar-refractivity contribution in [2.75, 3.05) is 20.2 Å². The minimum atomic E-state index is 0. The van der Waals surface area contributed by atoms with Crippen LogP contribution >= 0.6 is 24.0 Å². The van der Waals surface area contributed by atoms with E-state index < -0.39 is 0 Å². The zero-order valence-electron chi connectivity index (χ0n) is 13.5. The molecule has 2 rings (SSSR count). The van der Waals surface area contributed by atoms with Gasteiger partial charge in [-0.25, -0.2) is 0 Å². The van der Waals surface area contributed by atoms with Crippen LogP contribution in [0.15, 0.2) is 35.3 Å². The maximum absolute atomic E-state index is 9.57. The number of guanidine groups is 1. The summed E-state index contributed by atoms with van der Waals surface area (Å²) in [5.74, 6) is 1.74. The molecule has 1 fully saturated rings. The van der Waals surface area contributed by atoms with Crippen molar-refractivity contribution in [3.63, 3.8) is 0 Å². The van der Waals surface area contributed by atoms with E-state index >= 15 is 0 Å². The number of aliphatic hydroxyl groups is 1. The number of benzene rings is 1. The van der Waals surface area contributed by atoms with Gasteiger partial charge in [0.15, 0.2) is 5.96 Å². The van der Waals surface area contributed by atoms with E-state index in [0.717, 1.165) is 17.4 Å². The van der Waals surface area contributed by atoms with Crippen LogP contribution in [-0.2, 0) is 0 Å². The van der Waals surface area contributed by atoms with Crippen LogP contribution < -0.4 is 10.6 Å². The fourth-order valence-electron chi connectivity index (χ4n) is 2.72. The summed E-state index contributed by atoms with van der Waals surface area (Å²) in [6, 6.07) is 10.7. The van der Waals surface area contributed by atoms with Gasteiger partial charge < -0.3 is 15.7 Å². The van der Waals surface area contributed by atoms with Gasteiger partial charge in [0.05, 0.1) is 6.61 Å². The van der Waals surface area contributed by atoms with Crippen LogP contribution in [-0.4, -0.2) is 37.3 Å². The Labute approximate surface area is 150 Å². The Morgan fingerprint density at radius 1 is 1.36 bits per heavy atom. The quantitative estimate of drug-likeness (QED) is 0.363. The van der Waals surface area contributed by atoms with E-state index in [1.165, 1.54) is 19.3 Å². The maximum Gasteiger partial charge on any atom is 0.191 e. The molecule has 0 aromatic heterocycles. The minimum Gasteiger partial charge on any atom is -0.396 e. The summed E-state index contributed by atoms with van der Waals surface area (Å²) in [5.41, 5.74) is 1.15. The Hall–Kier alpha value is -0.820. The van der Waals surface area contributed by atoms with Gasteiger partial charge in [0.1, 0.15) is 0 Å². The van der Waals surface area contributed by atoms with Gasteiger partial charge in [0.25, 0.3) is 0 Å². The van der Waals surface area contributed by atoms with Gasteiger partial charge in [-0.1, -0.05) is 43.7 Å². The molecule has 0 heterocycles. The zero-order chi connectivity index (χ0) is 15.1. The molecule has 3 atom stereocenters. The van der Waals surface area contributed by atoms with Crippen molar-refractivity contribution in [1.82, 2.24) is 10.6 Å². The number of nitrogens with zero attached hydrogens (tertiary/aromatic N) is 1. The fraction of sp³-hybridized carbons (Fsp3) is 0.588. The normalized spacial score (nSPS) is 21.7. The van der Waals surface area contributed by atoms with Gasteiger partial charge in [-0.3, -0.25) is 4.99 Å². The Bertz CT molecular complexity index is 452. The van der Waals surface area contributed by atoms with Crippen LogP contribution in [0.2, 0.25) is 0 Å². The van der Waals surface area contributed by atoms with Crippen LogP contribution in [0.5, 0.6) is 0 Å². The van der Waals surface area contributed by atoms with E-state index in [9.17, 15) is 5.11 Å². The first-order chi connectivity index (χ1) is 10.3. The molecule has 3 unspecified atom stereocenters. The second-order valence-electron chi connectivity index (χ2n) is 5.78. The monoisotopic (exact) mass is 417 g/mol. The average Bonchev–Trinajstić information content (AvgIpc) is 3.26. The van der Waals surface area contributed by atoms with Crippen LogP contribution in [0.25, 0.3) is 0 Å². The fourth-order valence-corrected chi connectivity index (χ4v) is 2.72. The lowest BCUT2D eigenvalue weighted by Crippen LogP contribution is -2.41. The first kappa shape index (κ1) is 19.2. The molecule has 0 bridgehead atoms. The molecule has 0 radical (unpaired) electrons. The number of nitrogens with one attached hydrogen (secondary N) is 2. The van der Waals surface area contributed by atoms with Crippen molar-refractivity contribution >= 4 is 29.9 Å². The molecule has 22 heavy (non-hydrogen) atoms. The van der Waals surface area contributed by atoms with E-state index in [2.05, 4.69) is 34.7 Å². The van der Waals surface area contributed by atoms with Crippen LogP contribution in [0.4, 0.5) is 0 Å².